The van der Waals surface area contributed by atoms with Crippen molar-refractivity contribution in [1.82, 2.24) is 4.57 Å². The van der Waals surface area contributed by atoms with Gasteiger partial charge in [0.15, 0.2) is 12.0 Å². The van der Waals surface area contributed by atoms with Gasteiger partial charge >= 0.3 is 17.9 Å². The third kappa shape index (κ3) is 2.43. The molecule has 172 valence electrons. The van der Waals surface area contributed by atoms with Crippen molar-refractivity contribution in [1.29, 1.82) is 0 Å². The Morgan fingerprint density at radius 2 is 1.85 bits per heavy atom. The first-order chi connectivity index (χ1) is 15.5. The standard InChI is InChI=1S/C23H20F5N3O2/c1-4-21(5-2)22(31-12-29(3)11-16(31)20(32)33-22)13-10-14(24)18(23(26,27)28)19(25)17(13)15-8-6-7-9-30(15)21/h6-12H,4-5H2,1-3H3/q+2. The number of pyridine rings is 1. The van der Waals surface area contributed by atoms with Crippen molar-refractivity contribution in [3.63, 3.8) is 0 Å². The van der Waals surface area contributed by atoms with E-state index in [2.05, 4.69) is 0 Å². The molecule has 1 atom stereocenters. The molecule has 0 amide bonds. The zero-order valence-electron chi connectivity index (χ0n) is 18.0. The second-order valence-electron chi connectivity index (χ2n) is 8.36. The van der Waals surface area contributed by atoms with E-state index in [0.717, 1.165) is 0 Å². The molecule has 5 rings (SSSR count). The summed E-state index contributed by atoms with van der Waals surface area (Å²) in [4.78, 5) is 13.0. The third-order valence-electron chi connectivity index (χ3n) is 6.92. The third-order valence-corrected chi connectivity index (χ3v) is 6.92. The van der Waals surface area contributed by atoms with Crippen LogP contribution in [0.1, 0.15) is 48.3 Å². The molecular formula is C23H20F5N3O2+2. The van der Waals surface area contributed by atoms with Gasteiger partial charge in [0.2, 0.25) is 12.0 Å². The van der Waals surface area contributed by atoms with Crippen LogP contribution in [0.3, 0.4) is 0 Å². The Bertz CT molecular complexity index is 1330. The van der Waals surface area contributed by atoms with Crippen LogP contribution in [0.5, 0.6) is 0 Å². The van der Waals surface area contributed by atoms with Gasteiger partial charge in [0.05, 0.1) is 18.2 Å². The highest BCUT2D eigenvalue weighted by Gasteiger charge is 2.74. The average molecular weight is 465 g/mol. The van der Waals surface area contributed by atoms with Crippen molar-refractivity contribution in [3.8, 4) is 11.3 Å². The lowest BCUT2D eigenvalue weighted by Crippen LogP contribution is -2.72. The van der Waals surface area contributed by atoms with Gasteiger partial charge in [-0.2, -0.15) is 22.3 Å². The summed E-state index contributed by atoms with van der Waals surface area (Å²) < 4.78 is 82.2. The van der Waals surface area contributed by atoms with Gasteiger partial charge in [-0.1, -0.05) is 13.8 Å². The molecule has 0 radical (unpaired) electrons. The van der Waals surface area contributed by atoms with E-state index in [1.165, 1.54) is 16.8 Å². The topological polar surface area (TPSA) is 39.0 Å². The Morgan fingerprint density at radius 3 is 2.48 bits per heavy atom. The van der Waals surface area contributed by atoms with Crippen LogP contribution in [0.25, 0.3) is 11.3 Å². The minimum absolute atomic E-state index is 0.135. The number of benzene rings is 1. The predicted molar refractivity (Wildman–Crippen MR) is 104 cm³/mol. The molecule has 2 aromatic heterocycles. The van der Waals surface area contributed by atoms with Crippen molar-refractivity contribution in [2.24, 2.45) is 7.05 Å². The molecule has 1 aromatic carbocycles. The molecule has 2 aliphatic heterocycles. The van der Waals surface area contributed by atoms with Crippen LogP contribution in [0, 0.1) is 11.6 Å². The van der Waals surface area contributed by atoms with E-state index in [-0.39, 0.29) is 17.0 Å². The zero-order valence-corrected chi connectivity index (χ0v) is 18.0. The van der Waals surface area contributed by atoms with Crippen molar-refractivity contribution in [3.05, 3.63) is 71.4 Å². The lowest BCUT2D eigenvalue weighted by atomic mass is 9.71. The molecule has 10 heteroatoms. The number of alkyl halides is 3. The van der Waals surface area contributed by atoms with Gasteiger partial charge in [0.25, 0.3) is 11.2 Å². The molecule has 0 bridgehead atoms. The minimum Gasteiger partial charge on any atom is -0.402 e. The van der Waals surface area contributed by atoms with Crippen LogP contribution in [-0.4, -0.2) is 10.5 Å². The average Bonchev–Trinajstić information content (AvgIpc) is 3.26. The van der Waals surface area contributed by atoms with E-state index in [4.69, 9.17) is 4.74 Å². The number of halogens is 5. The van der Waals surface area contributed by atoms with E-state index in [1.807, 2.05) is 13.8 Å². The zero-order chi connectivity index (χ0) is 23.9. The molecule has 0 N–H and O–H groups in total. The van der Waals surface area contributed by atoms with Gasteiger partial charge in [-0.05, 0) is 12.1 Å². The summed E-state index contributed by atoms with van der Waals surface area (Å²) in [6.45, 7) is 3.68. The number of rotatable bonds is 2. The summed E-state index contributed by atoms with van der Waals surface area (Å²) in [7, 11) is 1.67. The first kappa shape index (κ1) is 21.5. The second kappa shape index (κ2) is 6.61. The van der Waals surface area contributed by atoms with Gasteiger partial charge in [0.1, 0.15) is 17.6 Å². The van der Waals surface area contributed by atoms with Crippen LogP contribution in [0.2, 0.25) is 0 Å². The van der Waals surface area contributed by atoms with E-state index in [1.54, 1.807) is 40.8 Å². The van der Waals surface area contributed by atoms with Gasteiger partial charge < -0.3 is 4.74 Å². The number of aryl methyl sites for hydroxylation is 1. The SMILES string of the molecule is CCC1(CC)[n+]2ccccc2-c2c(cc(F)c(C(F)(F)F)c2F)C12OC(=O)c1c[n+](C)cn12. The summed E-state index contributed by atoms with van der Waals surface area (Å²) in [5.74, 6) is -4.23. The van der Waals surface area contributed by atoms with Crippen LogP contribution in [-0.2, 0) is 29.2 Å². The molecule has 1 spiro atoms. The Morgan fingerprint density at radius 1 is 1.15 bits per heavy atom. The minimum atomic E-state index is -5.25. The maximum atomic E-state index is 15.6. The Balaban J connectivity index is 2.03. The number of imidazole rings is 1. The summed E-state index contributed by atoms with van der Waals surface area (Å²) in [6, 6.07) is 5.39. The highest BCUT2D eigenvalue weighted by Crippen LogP contribution is 2.55. The smallest absolute Gasteiger partial charge is 0.402 e. The number of hydrogen-bond donors (Lipinski definition) is 0. The van der Waals surface area contributed by atoms with E-state index in [9.17, 15) is 22.4 Å². The number of carbonyl (C=O) groups is 1. The fourth-order valence-electron chi connectivity index (χ4n) is 5.57. The first-order valence-electron chi connectivity index (χ1n) is 10.5. The van der Waals surface area contributed by atoms with E-state index < -0.39 is 46.2 Å². The monoisotopic (exact) mass is 465 g/mol. The van der Waals surface area contributed by atoms with Crippen molar-refractivity contribution in [2.45, 2.75) is 44.1 Å². The number of ether oxygens (including phenoxy) is 1. The number of hydrogen-bond acceptors (Lipinski definition) is 2. The quantitative estimate of drug-likeness (QED) is 0.327. The molecular weight excluding hydrogens is 445 g/mol. The number of nitrogens with zero attached hydrogens (tertiary/aromatic N) is 3. The molecule has 0 fully saturated rings. The van der Waals surface area contributed by atoms with Gasteiger partial charge in [0, 0.05) is 25.0 Å². The molecule has 0 saturated heterocycles. The van der Waals surface area contributed by atoms with Crippen molar-refractivity contribution in [2.75, 3.05) is 0 Å². The summed E-state index contributed by atoms with van der Waals surface area (Å²) in [6.07, 6.45) is 0.129. The Labute approximate surface area is 185 Å². The highest BCUT2D eigenvalue weighted by atomic mass is 19.4. The second-order valence-corrected chi connectivity index (χ2v) is 8.36. The molecule has 0 aliphatic carbocycles. The largest absolute Gasteiger partial charge is 0.422 e. The maximum absolute atomic E-state index is 15.6. The predicted octanol–water partition coefficient (Wildman–Crippen LogP) is 3.96. The normalized spacial score (nSPS) is 20.4. The number of fused-ring (bicyclic) bond motifs is 6. The van der Waals surface area contributed by atoms with Crippen LogP contribution >= 0.6 is 0 Å². The summed E-state index contributed by atoms with van der Waals surface area (Å²) in [5.41, 5.74) is -5.19. The van der Waals surface area contributed by atoms with Gasteiger partial charge in [-0.25, -0.2) is 18.1 Å². The number of carbonyl (C=O) groups excluding carboxylic acids is 1. The number of esters is 1. The van der Waals surface area contributed by atoms with E-state index in [0.29, 0.717) is 18.9 Å². The summed E-state index contributed by atoms with van der Waals surface area (Å²) in [5, 5.41) is 0. The molecule has 1 unspecified atom stereocenters. The van der Waals surface area contributed by atoms with Crippen LogP contribution in [0.4, 0.5) is 22.0 Å². The fourth-order valence-corrected chi connectivity index (χ4v) is 5.57. The summed E-state index contributed by atoms with van der Waals surface area (Å²) >= 11 is 0. The molecule has 5 nitrogen and oxygen atoms in total. The fraction of sp³-hybridized carbons (Fsp3) is 0.348. The van der Waals surface area contributed by atoms with Crippen molar-refractivity contribution < 1.29 is 40.6 Å². The lowest BCUT2D eigenvalue weighted by molar-refractivity contribution is -0.779. The first-order valence-corrected chi connectivity index (χ1v) is 10.5. The molecule has 4 heterocycles. The van der Waals surface area contributed by atoms with Gasteiger partial charge in [-0.15, -0.1) is 0 Å². The van der Waals surface area contributed by atoms with E-state index >= 15 is 4.39 Å². The van der Waals surface area contributed by atoms with Gasteiger partial charge in [-0.3, -0.25) is 0 Å². The van der Waals surface area contributed by atoms with Crippen LogP contribution < -0.4 is 9.13 Å². The lowest BCUT2D eigenvalue weighted by Gasteiger charge is -2.43. The molecule has 3 aromatic rings. The molecule has 33 heavy (non-hydrogen) atoms. The Hall–Kier alpha value is -3.30. The number of aromatic nitrogens is 3. The van der Waals surface area contributed by atoms with Crippen molar-refractivity contribution >= 4 is 5.97 Å². The maximum Gasteiger partial charge on any atom is 0.422 e. The van der Waals surface area contributed by atoms with Crippen LogP contribution in [0.15, 0.2) is 43.0 Å². The Kier molecular flexibility index (Phi) is 4.32. The molecule has 2 aliphatic rings. The highest BCUT2D eigenvalue weighted by molar-refractivity contribution is 5.90. The molecule has 0 saturated carbocycles.